The largest absolute Gasteiger partial charge is 0.445 e. The van der Waals surface area contributed by atoms with Gasteiger partial charge >= 0.3 is 6.09 Å². The normalized spacial score (nSPS) is 32.5. The molecular formula is C24H26N4O5. The quantitative estimate of drug-likeness (QED) is 0.537. The topological polar surface area (TPSA) is 137 Å². The number of carbonyl (C=O) groups is 4. The highest BCUT2D eigenvalue weighted by Gasteiger charge is 2.67. The van der Waals surface area contributed by atoms with Gasteiger partial charge in [0.1, 0.15) is 18.2 Å². The first kappa shape index (κ1) is 21.4. The van der Waals surface area contributed by atoms with Crippen LogP contribution in [0.5, 0.6) is 0 Å². The van der Waals surface area contributed by atoms with Crippen molar-refractivity contribution in [1.82, 2.24) is 16.0 Å². The van der Waals surface area contributed by atoms with Crippen LogP contribution in [0.1, 0.15) is 37.7 Å². The lowest BCUT2D eigenvalue weighted by atomic mass is 9.71. The Balaban J connectivity index is 1.26. The standard InChI is InChI=1S/C24H26N4O5/c25-12-24(10-15-9-16(24)19-18(15)21(30)27-22(19)31)28-20(29)17(8-13-6-7-13)26-23(32)33-11-14-4-2-1-3-5-14/h1-5,13,15-19H,6-11H2,(H,26,32)(H,28,29)(H,27,30,31)/t15?,16?,17?,18-,19+,24?/m0/s1. The van der Waals surface area contributed by atoms with Crippen molar-refractivity contribution in [1.29, 1.82) is 5.26 Å². The van der Waals surface area contributed by atoms with E-state index in [1.807, 2.05) is 30.3 Å². The third kappa shape index (κ3) is 3.94. The predicted octanol–water partition coefficient (Wildman–Crippen LogP) is 1.39. The number of ether oxygens (including phenoxy) is 1. The average Bonchev–Trinajstić information content (AvgIpc) is 3.33. The third-order valence-corrected chi connectivity index (χ3v) is 7.59. The molecule has 3 N–H and O–H groups in total. The molecule has 9 nitrogen and oxygen atoms in total. The van der Waals surface area contributed by atoms with E-state index < -0.39 is 41.3 Å². The number of nitrogens with one attached hydrogen (secondary N) is 3. The van der Waals surface area contributed by atoms with Gasteiger partial charge in [-0.25, -0.2) is 4.79 Å². The van der Waals surface area contributed by atoms with Crippen LogP contribution < -0.4 is 16.0 Å². The van der Waals surface area contributed by atoms with Gasteiger partial charge in [-0.15, -0.1) is 0 Å². The number of rotatable bonds is 7. The number of benzene rings is 1. The van der Waals surface area contributed by atoms with Crippen molar-refractivity contribution in [3.63, 3.8) is 0 Å². The lowest BCUT2D eigenvalue weighted by molar-refractivity contribution is -0.129. The van der Waals surface area contributed by atoms with E-state index >= 15 is 0 Å². The summed E-state index contributed by atoms with van der Waals surface area (Å²) in [5, 5.41) is 17.9. The van der Waals surface area contributed by atoms with Gasteiger partial charge in [0.05, 0.1) is 17.9 Å². The molecule has 1 aromatic rings. The Kier molecular flexibility index (Phi) is 5.31. The minimum absolute atomic E-state index is 0.0858. The maximum atomic E-state index is 13.3. The molecule has 0 radical (unpaired) electrons. The Morgan fingerprint density at radius 1 is 1.18 bits per heavy atom. The number of alkyl carbamates (subject to hydrolysis) is 1. The molecule has 4 aliphatic rings. The smallest absolute Gasteiger partial charge is 0.408 e. The van der Waals surface area contributed by atoms with E-state index in [0.717, 1.165) is 18.4 Å². The zero-order chi connectivity index (χ0) is 23.2. The second-order valence-corrected chi connectivity index (χ2v) is 9.72. The van der Waals surface area contributed by atoms with Crippen molar-refractivity contribution in [2.24, 2.45) is 29.6 Å². The van der Waals surface area contributed by atoms with E-state index in [1.165, 1.54) is 0 Å². The van der Waals surface area contributed by atoms with Gasteiger partial charge in [-0.2, -0.15) is 5.26 Å². The number of amides is 4. The summed E-state index contributed by atoms with van der Waals surface area (Å²) in [5.41, 5.74) is -0.386. The van der Waals surface area contributed by atoms with Crippen LogP contribution >= 0.6 is 0 Å². The van der Waals surface area contributed by atoms with Gasteiger partial charge in [0, 0.05) is 5.92 Å². The first-order valence-electron chi connectivity index (χ1n) is 11.5. The predicted molar refractivity (Wildman–Crippen MR) is 114 cm³/mol. The molecule has 2 bridgehead atoms. The third-order valence-electron chi connectivity index (χ3n) is 7.59. The van der Waals surface area contributed by atoms with Crippen LogP contribution in [-0.2, 0) is 25.7 Å². The lowest BCUT2D eigenvalue weighted by Gasteiger charge is -2.37. The summed E-state index contributed by atoms with van der Waals surface area (Å²) in [6.07, 6.45) is 2.64. The molecule has 33 heavy (non-hydrogen) atoms. The van der Waals surface area contributed by atoms with Crippen LogP contribution in [0.15, 0.2) is 30.3 Å². The average molecular weight is 450 g/mol. The van der Waals surface area contributed by atoms with E-state index in [-0.39, 0.29) is 24.3 Å². The minimum atomic E-state index is -1.22. The Labute approximate surface area is 191 Å². The number of hydrogen-bond acceptors (Lipinski definition) is 6. The Hall–Kier alpha value is -3.41. The van der Waals surface area contributed by atoms with Gasteiger partial charge < -0.3 is 15.4 Å². The highest BCUT2D eigenvalue weighted by Crippen LogP contribution is 2.58. The van der Waals surface area contributed by atoms with Gasteiger partial charge in [-0.3, -0.25) is 19.7 Å². The second kappa shape index (κ2) is 8.18. The summed E-state index contributed by atoms with van der Waals surface area (Å²) >= 11 is 0. The highest BCUT2D eigenvalue weighted by atomic mass is 16.5. The van der Waals surface area contributed by atoms with E-state index in [4.69, 9.17) is 4.74 Å². The van der Waals surface area contributed by atoms with Crippen LogP contribution in [0.3, 0.4) is 0 Å². The summed E-state index contributed by atoms with van der Waals surface area (Å²) in [5.74, 6) is -2.26. The fraction of sp³-hybridized carbons (Fsp3) is 0.542. The maximum absolute atomic E-state index is 13.3. The van der Waals surface area contributed by atoms with Crippen molar-refractivity contribution < 1.29 is 23.9 Å². The van der Waals surface area contributed by atoms with Gasteiger partial charge in [0.2, 0.25) is 17.7 Å². The zero-order valence-electron chi connectivity index (χ0n) is 18.1. The molecule has 6 atom stereocenters. The van der Waals surface area contributed by atoms with Crippen LogP contribution in [-0.4, -0.2) is 35.4 Å². The van der Waals surface area contributed by atoms with E-state index in [0.29, 0.717) is 25.2 Å². The first-order valence-corrected chi connectivity index (χ1v) is 11.5. The molecule has 1 heterocycles. The van der Waals surface area contributed by atoms with Crippen LogP contribution in [0.25, 0.3) is 0 Å². The molecular weight excluding hydrogens is 424 g/mol. The van der Waals surface area contributed by atoms with Crippen molar-refractivity contribution in [2.75, 3.05) is 0 Å². The summed E-state index contributed by atoms with van der Waals surface area (Å²) in [4.78, 5) is 50.1. The van der Waals surface area contributed by atoms with E-state index in [2.05, 4.69) is 22.0 Å². The first-order chi connectivity index (χ1) is 15.9. The molecule has 0 spiro atoms. The van der Waals surface area contributed by atoms with Crippen molar-refractivity contribution in [3.05, 3.63) is 35.9 Å². The number of fused-ring (bicyclic) bond motifs is 5. The van der Waals surface area contributed by atoms with Crippen molar-refractivity contribution in [3.8, 4) is 6.07 Å². The van der Waals surface area contributed by atoms with Gasteiger partial charge in [0.25, 0.3) is 0 Å². The van der Waals surface area contributed by atoms with Crippen molar-refractivity contribution >= 4 is 23.8 Å². The Bertz CT molecular complexity index is 1030. The molecule has 172 valence electrons. The number of hydrogen-bond donors (Lipinski definition) is 3. The van der Waals surface area contributed by atoms with E-state index in [1.54, 1.807) is 0 Å². The van der Waals surface area contributed by atoms with Crippen molar-refractivity contribution in [2.45, 2.75) is 50.3 Å². The summed E-state index contributed by atoms with van der Waals surface area (Å²) in [6.45, 7) is 0.0858. The molecule has 9 heteroatoms. The second-order valence-electron chi connectivity index (χ2n) is 9.72. The number of imide groups is 1. The molecule has 3 saturated carbocycles. The lowest BCUT2D eigenvalue weighted by Crippen LogP contribution is -2.59. The number of nitriles is 1. The molecule has 3 aliphatic carbocycles. The summed E-state index contributed by atoms with van der Waals surface area (Å²) in [7, 11) is 0. The zero-order valence-corrected chi connectivity index (χ0v) is 18.1. The fourth-order valence-electron chi connectivity index (χ4n) is 5.89. The fourth-order valence-corrected chi connectivity index (χ4v) is 5.89. The summed E-state index contributed by atoms with van der Waals surface area (Å²) in [6, 6.07) is 10.6. The minimum Gasteiger partial charge on any atom is -0.445 e. The van der Waals surface area contributed by atoms with E-state index in [9.17, 15) is 24.4 Å². The van der Waals surface area contributed by atoms with Gasteiger partial charge in [-0.1, -0.05) is 43.2 Å². The SMILES string of the molecule is N#CC1(NC(=O)C(CC2CC2)NC(=O)OCc2ccccc2)CC2CC1[C@H]1C(=O)NC(=O)[C@@H]21. The van der Waals surface area contributed by atoms with Crippen LogP contribution in [0.4, 0.5) is 4.79 Å². The highest BCUT2D eigenvalue weighted by molar-refractivity contribution is 6.06. The molecule has 5 rings (SSSR count). The van der Waals surface area contributed by atoms with Gasteiger partial charge in [0.15, 0.2) is 0 Å². The molecule has 4 unspecified atom stereocenters. The van der Waals surface area contributed by atoms with Gasteiger partial charge in [-0.05, 0) is 36.7 Å². The molecule has 1 aliphatic heterocycles. The van der Waals surface area contributed by atoms with Crippen LogP contribution in [0, 0.1) is 40.9 Å². The number of nitrogens with zero attached hydrogens (tertiary/aromatic N) is 1. The summed E-state index contributed by atoms with van der Waals surface area (Å²) < 4.78 is 5.28. The Morgan fingerprint density at radius 3 is 2.61 bits per heavy atom. The van der Waals surface area contributed by atoms with Crippen LogP contribution in [0.2, 0.25) is 0 Å². The molecule has 0 aromatic heterocycles. The molecule has 1 saturated heterocycles. The monoisotopic (exact) mass is 450 g/mol. The molecule has 1 aromatic carbocycles. The number of carbonyl (C=O) groups excluding carboxylic acids is 4. The maximum Gasteiger partial charge on any atom is 0.408 e. The molecule has 4 amide bonds. The molecule has 4 fully saturated rings. The Morgan fingerprint density at radius 2 is 1.91 bits per heavy atom.